The zero-order chi connectivity index (χ0) is 21.9. The minimum absolute atomic E-state index is 0.0196. The van der Waals surface area contributed by atoms with Crippen molar-refractivity contribution in [2.24, 2.45) is 5.14 Å². The second-order valence-electron chi connectivity index (χ2n) is 6.75. The lowest BCUT2D eigenvalue weighted by Gasteiger charge is -2.25. The average Bonchev–Trinajstić information content (AvgIpc) is 3.09. The third-order valence-corrected chi connectivity index (χ3v) is 7.10. The Kier molecular flexibility index (Phi) is 6.84. The van der Waals surface area contributed by atoms with Gasteiger partial charge in [0.05, 0.1) is 15.9 Å². The van der Waals surface area contributed by atoms with E-state index in [0.717, 1.165) is 11.1 Å². The molecule has 0 aliphatic rings. The normalized spacial score (nSPS) is 12.8. The first-order valence-electron chi connectivity index (χ1n) is 9.83. The van der Waals surface area contributed by atoms with Gasteiger partial charge in [0, 0.05) is 19.6 Å². The smallest absolute Gasteiger partial charge is 0.240 e. The van der Waals surface area contributed by atoms with Crippen LogP contribution in [0.15, 0.2) is 58.6 Å². The molecule has 2 N–H and O–H groups in total. The minimum Gasteiger partial charge on any atom is -0.342 e. The third-order valence-electron chi connectivity index (χ3n) is 4.95. The zero-order valence-corrected chi connectivity index (χ0v) is 18.9. The fourth-order valence-corrected chi connectivity index (χ4v) is 5.15. The summed E-state index contributed by atoms with van der Waals surface area (Å²) in [7, 11) is -3.82. The van der Waals surface area contributed by atoms with Gasteiger partial charge in [0.2, 0.25) is 15.9 Å². The molecule has 160 valence electrons. The molecule has 9 heteroatoms. The predicted octanol–water partition coefficient (Wildman–Crippen LogP) is 3.41. The van der Waals surface area contributed by atoms with Crippen molar-refractivity contribution in [1.82, 2.24) is 14.5 Å². The standard InChI is InChI=1S/C21H26N4O3S2/c1-4-24(5-2)20(26)19(15-10-8-7-9-11-15)29-21-23-17-14-16(30(22,27)28)12-13-18(17)25(21)6-3/h7-14,19H,4-6H2,1-3H3,(H2,22,27,28)/t19-/m1/s1. The summed E-state index contributed by atoms with van der Waals surface area (Å²) in [6.07, 6.45) is 0. The van der Waals surface area contributed by atoms with Crippen LogP contribution in [0.1, 0.15) is 31.6 Å². The molecule has 1 heterocycles. The van der Waals surface area contributed by atoms with E-state index in [9.17, 15) is 13.2 Å². The molecule has 0 spiro atoms. The summed E-state index contributed by atoms with van der Waals surface area (Å²) in [4.78, 5) is 19.8. The molecule has 2 aromatic carbocycles. The molecular formula is C21H26N4O3S2. The SMILES string of the molecule is CCN(CC)C(=O)[C@H](Sc1nc2cc(S(N)(=O)=O)ccc2n1CC)c1ccccc1. The number of amides is 1. The molecule has 0 aliphatic carbocycles. The summed E-state index contributed by atoms with van der Waals surface area (Å²) >= 11 is 1.38. The molecule has 30 heavy (non-hydrogen) atoms. The summed E-state index contributed by atoms with van der Waals surface area (Å²) in [5.41, 5.74) is 2.24. The van der Waals surface area contributed by atoms with E-state index < -0.39 is 15.3 Å². The van der Waals surface area contributed by atoms with Gasteiger partial charge in [-0.1, -0.05) is 42.1 Å². The summed E-state index contributed by atoms with van der Waals surface area (Å²) in [5, 5.41) is 5.48. The Morgan fingerprint density at radius 1 is 1.13 bits per heavy atom. The maximum atomic E-state index is 13.3. The monoisotopic (exact) mass is 446 g/mol. The van der Waals surface area contributed by atoms with Gasteiger partial charge in [-0.15, -0.1) is 0 Å². The topological polar surface area (TPSA) is 98.3 Å². The van der Waals surface area contributed by atoms with Crippen LogP contribution in [-0.4, -0.2) is 41.9 Å². The van der Waals surface area contributed by atoms with Crippen LogP contribution in [0.5, 0.6) is 0 Å². The predicted molar refractivity (Wildman–Crippen MR) is 120 cm³/mol. The number of thioether (sulfide) groups is 1. The molecular weight excluding hydrogens is 420 g/mol. The molecule has 0 aliphatic heterocycles. The number of benzene rings is 2. The Balaban J connectivity index is 2.08. The molecule has 1 amide bonds. The third kappa shape index (κ3) is 4.53. The van der Waals surface area contributed by atoms with Gasteiger partial charge in [-0.25, -0.2) is 18.5 Å². The number of fused-ring (bicyclic) bond motifs is 1. The van der Waals surface area contributed by atoms with Gasteiger partial charge in [-0.05, 0) is 44.5 Å². The highest BCUT2D eigenvalue weighted by Gasteiger charge is 2.28. The number of aromatic nitrogens is 2. The van der Waals surface area contributed by atoms with Gasteiger partial charge < -0.3 is 9.47 Å². The number of carbonyl (C=O) groups excluding carboxylic acids is 1. The maximum absolute atomic E-state index is 13.3. The van der Waals surface area contributed by atoms with Gasteiger partial charge in [0.25, 0.3) is 0 Å². The number of nitrogens with two attached hydrogens (primary N) is 1. The van der Waals surface area contributed by atoms with Crippen LogP contribution in [0, 0.1) is 0 Å². The summed E-state index contributed by atoms with van der Waals surface area (Å²) in [6, 6.07) is 14.3. The number of rotatable bonds is 8. The summed E-state index contributed by atoms with van der Waals surface area (Å²) in [5.74, 6) is 0.0242. The maximum Gasteiger partial charge on any atom is 0.240 e. The first-order valence-corrected chi connectivity index (χ1v) is 12.3. The molecule has 1 atom stereocenters. The minimum atomic E-state index is -3.82. The van der Waals surface area contributed by atoms with E-state index in [1.165, 1.54) is 23.9 Å². The van der Waals surface area contributed by atoms with Crippen LogP contribution < -0.4 is 5.14 Å². The van der Waals surface area contributed by atoms with Crippen molar-refractivity contribution < 1.29 is 13.2 Å². The second kappa shape index (κ2) is 9.20. The van der Waals surface area contributed by atoms with E-state index in [0.29, 0.717) is 30.3 Å². The highest BCUT2D eigenvalue weighted by atomic mass is 32.2. The number of hydrogen-bond donors (Lipinski definition) is 1. The quantitative estimate of drug-likeness (QED) is 0.535. The van der Waals surface area contributed by atoms with Crippen molar-refractivity contribution in [3.8, 4) is 0 Å². The molecule has 0 saturated carbocycles. The van der Waals surface area contributed by atoms with Crippen LogP contribution in [0.4, 0.5) is 0 Å². The van der Waals surface area contributed by atoms with Gasteiger partial charge in [0.1, 0.15) is 5.25 Å². The molecule has 0 bridgehead atoms. The number of imidazole rings is 1. The van der Waals surface area contributed by atoms with Crippen molar-refractivity contribution in [2.75, 3.05) is 13.1 Å². The molecule has 1 aromatic heterocycles. The van der Waals surface area contributed by atoms with Crippen LogP contribution in [0.3, 0.4) is 0 Å². The number of likely N-dealkylation sites (N-methyl/N-ethyl adjacent to an activating group) is 1. The van der Waals surface area contributed by atoms with E-state index in [-0.39, 0.29) is 10.8 Å². The highest BCUT2D eigenvalue weighted by Crippen LogP contribution is 2.38. The number of aryl methyl sites for hydroxylation is 1. The number of sulfonamides is 1. The Bertz CT molecular complexity index is 1140. The first kappa shape index (κ1) is 22.3. The van der Waals surface area contributed by atoms with Gasteiger partial charge >= 0.3 is 0 Å². The van der Waals surface area contributed by atoms with Crippen molar-refractivity contribution in [2.45, 2.75) is 42.6 Å². The summed E-state index contributed by atoms with van der Waals surface area (Å²) < 4.78 is 25.4. The highest BCUT2D eigenvalue weighted by molar-refractivity contribution is 8.00. The summed E-state index contributed by atoms with van der Waals surface area (Å²) in [6.45, 7) is 7.80. The Labute approximate surface area is 181 Å². The van der Waals surface area contributed by atoms with Crippen LogP contribution in [0.25, 0.3) is 11.0 Å². The molecule has 3 rings (SSSR count). The van der Waals surface area contributed by atoms with Gasteiger partial charge in [0.15, 0.2) is 5.16 Å². The molecule has 0 unspecified atom stereocenters. The number of hydrogen-bond acceptors (Lipinski definition) is 5. The Hall–Kier alpha value is -2.36. The van der Waals surface area contributed by atoms with E-state index in [4.69, 9.17) is 5.14 Å². The zero-order valence-electron chi connectivity index (χ0n) is 17.3. The number of primary sulfonamides is 1. The Morgan fingerprint density at radius 3 is 2.37 bits per heavy atom. The lowest BCUT2D eigenvalue weighted by molar-refractivity contribution is -0.130. The van der Waals surface area contributed by atoms with Crippen molar-refractivity contribution in [1.29, 1.82) is 0 Å². The van der Waals surface area contributed by atoms with E-state index in [2.05, 4.69) is 4.98 Å². The van der Waals surface area contributed by atoms with Crippen molar-refractivity contribution in [3.63, 3.8) is 0 Å². The van der Waals surface area contributed by atoms with E-state index in [1.54, 1.807) is 6.07 Å². The fraction of sp³-hybridized carbons (Fsp3) is 0.333. The van der Waals surface area contributed by atoms with Gasteiger partial charge in [-0.2, -0.15) is 0 Å². The van der Waals surface area contributed by atoms with Crippen LogP contribution in [-0.2, 0) is 21.4 Å². The van der Waals surface area contributed by atoms with Gasteiger partial charge in [-0.3, -0.25) is 4.79 Å². The molecule has 0 saturated heterocycles. The lowest BCUT2D eigenvalue weighted by Crippen LogP contribution is -2.34. The largest absolute Gasteiger partial charge is 0.342 e. The molecule has 0 fully saturated rings. The molecule has 0 radical (unpaired) electrons. The average molecular weight is 447 g/mol. The van der Waals surface area contributed by atoms with Crippen LogP contribution in [0.2, 0.25) is 0 Å². The number of nitrogens with zero attached hydrogens (tertiary/aromatic N) is 3. The van der Waals surface area contributed by atoms with Crippen LogP contribution >= 0.6 is 11.8 Å². The fourth-order valence-electron chi connectivity index (χ4n) is 3.36. The lowest BCUT2D eigenvalue weighted by atomic mass is 10.1. The van der Waals surface area contributed by atoms with E-state index >= 15 is 0 Å². The second-order valence-corrected chi connectivity index (χ2v) is 9.39. The first-order chi connectivity index (χ1) is 14.3. The number of carbonyl (C=O) groups is 1. The van der Waals surface area contributed by atoms with Crippen molar-refractivity contribution >= 4 is 38.7 Å². The molecule has 3 aromatic rings. The van der Waals surface area contributed by atoms with Crippen molar-refractivity contribution in [3.05, 3.63) is 54.1 Å². The van der Waals surface area contributed by atoms with E-state index in [1.807, 2.05) is 60.6 Å². The molecule has 7 nitrogen and oxygen atoms in total. The Morgan fingerprint density at radius 2 is 1.80 bits per heavy atom.